The van der Waals surface area contributed by atoms with Crippen LogP contribution < -0.4 is 5.32 Å². The van der Waals surface area contributed by atoms with E-state index in [1.807, 2.05) is 17.8 Å². The highest BCUT2D eigenvalue weighted by Gasteiger charge is 2.38. The van der Waals surface area contributed by atoms with Gasteiger partial charge in [-0.1, -0.05) is 33.3 Å². The highest BCUT2D eigenvalue weighted by Crippen LogP contribution is 2.42. The second-order valence-electron chi connectivity index (χ2n) is 6.03. The molecule has 2 unspecified atom stereocenters. The zero-order valence-corrected chi connectivity index (χ0v) is 12.9. The van der Waals surface area contributed by atoms with Crippen molar-refractivity contribution < 1.29 is 4.39 Å². The van der Waals surface area contributed by atoms with Gasteiger partial charge in [0, 0.05) is 16.2 Å². The van der Waals surface area contributed by atoms with E-state index in [9.17, 15) is 4.39 Å². The lowest BCUT2D eigenvalue weighted by Crippen LogP contribution is -2.51. The molecule has 0 bridgehead atoms. The lowest BCUT2D eigenvalue weighted by molar-refractivity contribution is 0.176. The van der Waals surface area contributed by atoms with Crippen LogP contribution in [0.3, 0.4) is 0 Å². The maximum absolute atomic E-state index is 13.3. The van der Waals surface area contributed by atoms with E-state index in [1.54, 1.807) is 12.1 Å². The van der Waals surface area contributed by atoms with E-state index < -0.39 is 0 Å². The molecule has 1 nitrogen and oxygen atoms in total. The van der Waals surface area contributed by atoms with Gasteiger partial charge in [0.15, 0.2) is 0 Å². The lowest BCUT2D eigenvalue weighted by atomic mass is 9.73. The second-order valence-corrected chi connectivity index (χ2v) is 7.34. The molecule has 1 aliphatic rings. The standard InChI is InChI=1S/C16H24FNS/c1-4-18-15-14(9-6-10-16(15,2)3)19-13-8-5-7-12(17)11-13/h5,7-8,11,14-15,18H,4,6,9-10H2,1-3H3. The summed E-state index contributed by atoms with van der Waals surface area (Å²) in [6.45, 7) is 7.85. The van der Waals surface area contributed by atoms with Gasteiger partial charge in [0.1, 0.15) is 5.82 Å². The van der Waals surface area contributed by atoms with Crippen molar-refractivity contribution in [1.82, 2.24) is 5.32 Å². The normalized spacial score (nSPS) is 26.3. The smallest absolute Gasteiger partial charge is 0.124 e. The van der Waals surface area contributed by atoms with Gasteiger partial charge in [-0.15, -0.1) is 11.8 Å². The molecule has 1 aromatic carbocycles. The van der Waals surface area contributed by atoms with Crippen molar-refractivity contribution in [3.05, 3.63) is 30.1 Å². The molecular formula is C16H24FNS. The minimum absolute atomic E-state index is 0.139. The summed E-state index contributed by atoms with van der Waals surface area (Å²) in [6.07, 6.45) is 3.75. The summed E-state index contributed by atoms with van der Waals surface area (Å²) in [5.41, 5.74) is 0.319. The van der Waals surface area contributed by atoms with E-state index in [1.165, 1.54) is 25.3 Å². The fraction of sp³-hybridized carbons (Fsp3) is 0.625. The number of rotatable bonds is 4. The van der Waals surface area contributed by atoms with Crippen molar-refractivity contribution in [3.8, 4) is 0 Å². The van der Waals surface area contributed by atoms with Crippen molar-refractivity contribution in [3.63, 3.8) is 0 Å². The average Bonchev–Trinajstić information content (AvgIpc) is 2.33. The van der Waals surface area contributed by atoms with Crippen molar-refractivity contribution in [2.75, 3.05) is 6.54 Å². The van der Waals surface area contributed by atoms with E-state index in [2.05, 4.69) is 26.1 Å². The van der Waals surface area contributed by atoms with E-state index in [-0.39, 0.29) is 5.82 Å². The van der Waals surface area contributed by atoms with Crippen LogP contribution in [0.15, 0.2) is 29.2 Å². The molecule has 2 rings (SSSR count). The first-order chi connectivity index (χ1) is 9.03. The van der Waals surface area contributed by atoms with Gasteiger partial charge < -0.3 is 5.32 Å². The fourth-order valence-electron chi connectivity index (χ4n) is 3.05. The van der Waals surface area contributed by atoms with E-state index >= 15 is 0 Å². The number of halogens is 1. The quantitative estimate of drug-likeness (QED) is 0.873. The Morgan fingerprint density at radius 2 is 2.21 bits per heavy atom. The summed E-state index contributed by atoms with van der Waals surface area (Å²) >= 11 is 1.83. The average molecular weight is 281 g/mol. The molecule has 1 N–H and O–H groups in total. The Labute approximate surface area is 120 Å². The highest BCUT2D eigenvalue weighted by atomic mass is 32.2. The van der Waals surface area contributed by atoms with Gasteiger partial charge in [0.2, 0.25) is 0 Å². The van der Waals surface area contributed by atoms with Gasteiger partial charge in [-0.3, -0.25) is 0 Å². The van der Waals surface area contributed by atoms with Gasteiger partial charge in [-0.05, 0) is 43.0 Å². The third-order valence-electron chi connectivity index (χ3n) is 4.03. The highest BCUT2D eigenvalue weighted by molar-refractivity contribution is 8.00. The maximum atomic E-state index is 13.3. The van der Waals surface area contributed by atoms with Crippen LogP contribution in [0.25, 0.3) is 0 Å². The third kappa shape index (κ3) is 3.73. The zero-order valence-electron chi connectivity index (χ0n) is 12.1. The van der Waals surface area contributed by atoms with Crippen molar-refractivity contribution in [2.24, 2.45) is 5.41 Å². The van der Waals surface area contributed by atoms with Gasteiger partial charge in [0.05, 0.1) is 0 Å². The van der Waals surface area contributed by atoms with Gasteiger partial charge in [-0.2, -0.15) is 0 Å². The summed E-state index contributed by atoms with van der Waals surface area (Å²) in [4.78, 5) is 1.05. The Bertz CT molecular complexity index is 419. The topological polar surface area (TPSA) is 12.0 Å². The van der Waals surface area contributed by atoms with Crippen molar-refractivity contribution in [1.29, 1.82) is 0 Å². The molecule has 2 atom stereocenters. The number of thioether (sulfide) groups is 1. The summed E-state index contributed by atoms with van der Waals surface area (Å²) in [5.74, 6) is -0.139. The zero-order chi connectivity index (χ0) is 13.9. The minimum atomic E-state index is -0.139. The van der Waals surface area contributed by atoms with Crippen LogP contribution >= 0.6 is 11.8 Å². The first-order valence-electron chi connectivity index (χ1n) is 7.18. The monoisotopic (exact) mass is 281 g/mol. The van der Waals surface area contributed by atoms with E-state index in [0.29, 0.717) is 16.7 Å². The molecule has 0 aliphatic heterocycles. The van der Waals surface area contributed by atoms with Crippen LogP contribution in [-0.2, 0) is 0 Å². The van der Waals surface area contributed by atoms with Crippen molar-refractivity contribution >= 4 is 11.8 Å². The van der Waals surface area contributed by atoms with Gasteiger partial charge in [0.25, 0.3) is 0 Å². The number of nitrogens with one attached hydrogen (secondary N) is 1. The Morgan fingerprint density at radius 3 is 2.89 bits per heavy atom. The van der Waals surface area contributed by atoms with Crippen LogP contribution in [-0.4, -0.2) is 17.8 Å². The molecule has 1 aliphatic carbocycles. The molecule has 0 spiro atoms. The molecule has 0 heterocycles. The maximum Gasteiger partial charge on any atom is 0.124 e. The Hall–Kier alpha value is -0.540. The summed E-state index contributed by atoms with van der Waals surface area (Å²) < 4.78 is 13.3. The lowest BCUT2D eigenvalue weighted by Gasteiger charge is -2.44. The molecule has 1 fully saturated rings. The Morgan fingerprint density at radius 1 is 1.42 bits per heavy atom. The first-order valence-corrected chi connectivity index (χ1v) is 8.06. The molecule has 1 saturated carbocycles. The SMILES string of the molecule is CCNC1C(Sc2cccc(F)c2)CCCC1(C)C. The van der Waals surface area contributed by atoms with Crippen LogP contribution in [0.4, 0.5) is 4.39 Å². The first kappa shape index (κ1) is 14.9. The van der Waals surface area contributed by atoms with Gasteiger partial charge in [-0.25, -0.2) is 4.39 Å². The number of hydrogen-bond acceptors (Lipinski definition) is 2. The van der Waals surface area contributed by atoms with Crippen molar-refractivity contribution in [2.45, 2.75) is 56.2 Å². The Kier molecular flexibility index (Phi) is 4.91. The predicted octanol–water partition coefficient (Wildman–Crippen LogP) is 4.47. The molecule has 19 heavy (non-hydrogen) atoms. The molecule has 0 aromatic heterocycles. The van der Waals surface area contributed by atoms with Crippen LogP contribution in [0, 0.1) is 11.2 Å². The summed E-state index contributed by atoms with van der Waals surface area (Å²) in [7, 11) is 0. The molecule has 0 saturated heterocycles. The van der Waals surface area contributed by atoms with Crippen LogP contribution in [0.2, 0.25) is 0 Å². The van der Waals surface area contributed by atoms with Crippen LogP contribution in [0.5, 0.6) is 0 Å². The fourth-order valence-corrected chi connectivity index (χ4v) is 4.63. The largest absolute Gasteiger partial charge is 0.313 e. The summed E-state index contributed by atoms with van der Waals surface area (Å²) in [5, 5.41) is 4.18. The molecular weight excluding hydrogens is 257 g/mol. The van der Waals surface area contributed by atoms with Gasteiger partial charge >= 0.3 is 0 Å². The number of benzene rings is 1. The molecule has 3 heteroatoms. The van der Waals surface area contributed by atoms with Crippen LogP contribution in [0.1, 0.15) is 40.0 Å². The molecule has 106 valence electrons. The second kappa shape index (κ2) is 6.27. The predicted molar refractivity (Wildman–Crippen MR) is 81.1 cm³/mol. The minimum Gasteiger partial charge on any atom is -0.313 e. The molecule has 0 radical (unpaired) electrons. The molecule has 0 amide bonds. The molecule has 1 aromatic rings. The summed E-state index contributed by atoms with van der Waals surface area (Å²) in [6, 6.07) is 7.47. The Balaban J connectivity index is 2.12. The third-order valence-corrected chi connectivity index (χ3v) is 5.37. The number of hydrogen-bond donors (Lipinski definition) is 1. The van der Waals surface area contributed by atoms with E-state index in [0.717, 1.165) is 11.4 Å². The van der Waals surface area contributed by atoms with E-state index in [4.69, 9.17) is 0 Å².